The maximum Gasteiger partial charge on any atom is 0.170 e. The van der Waals surface area contributed by atoms with Crippen molar-refractivity contribution in [3.8, 4) is 0 Å². The molecule has 0 aliphatic heterocycles. The fraction of sp³-hybridized carbons (Fsp3) is 0.167. The number of nitrogens with one attached hydrogen (secondary N) is 1. The molecule has 10 heavy (non-hydrogen) atoms. The van der Waals surface area contributed by atoms with Crippen molar-refractivity contribution in [1.82, 2.24) is 9.97 Å². The van der Waals surface area contributed by atoms with Crippen molar-refractivity contribution in [2.45, 2.75) is 6.92 Å². The summed E-state index contributed by atoms with van der Waals surface area (Å²) in [6, 6.07) is 0. The number of carbonyl (C=O) groups is 2. The second-order valence-corrected chi connectivity index (χ2v) is 1.86. The maximum absolute atomic E-state index is 10.2. The summed E-state index contributed by atoms with van der Waals surface area (Å²) in [6.07, 6.45) is 1.12. The van der Waals surface area contributed by atoms with E-state index in [2.05, 4.69) is 9.97 Å². The third kappa shape index (κ3) is 0.953. The monoisotopic (exact) mass is 138 g/mol. The Morgan fingerprint density at radius 1 is 1.40 bits per heavy atom. The standard InChI is InChI=1S/C6H6N2O2/c1-4-7-5(2-9)6(3-10)8-4/h2-3H,1H3,(H,7,8). The highest BCUT2D eigenvalue weighted by Gasteiger charge is 2.03. The van der Waals surface area contributed by atoms with Crippen LogP contribution in [0.1, 0.15) is 26.8 Å². The van der Waals surface area contributed by atoms with Crippen LogP contribution >= 0.6 is 0 Å². The molecule has 1 rings (SSSR count). The van der Waals surface area contributed by atoms with Gasteiger partial charge in [-0.05, 0) is 6.92 Å². The first-order valence-electron chi connectivity index (χ1n) is 2.75. The number of rotatable bonds is 2. The largest absolute Gasteiger partial charge is 0.339 e. The summed E-state index contributed by atoms with van der Waals surface area (Å²) in [5.74, 6) is 0.573. The first-order chi connectivity index (χ1) is 4.77. The first-order valence-corrected chi connectivity index (χ1v) is 2.75. The molecular formula is C6H6N2O2. The predicted molar refractivity (Wildman–Crippen MR) is 34.1 cm³/mol. The normalized spacial score (nSPS) is 9.30. The van der Waals surface area contributed by atoms with Crippen molar-refractivity contribution in [2.75, 3.05) is 0 Å². The van der Waals surface area contributed by atoms with Crippen molar-refractivity contribution < 1.29 is 9.59 Å². The smallest absolute Gasteiger partial charge is 0.170 e. The van der Waals surface area contributed by atoms with E-state index in [1.54, 1.807) is 6.92 Å². The molecule has 1 heterocycles. The van der Waals surface area contributed by atoms with Gasteiger partial charge < -0.3 is 4.98 Å². The van der Waals surface area contributed by atoms with E-state index in [-0.39, 0.29) is 11.4 Å². The summed E-state index contributed by atoms with van der Waals surface area (Å²) in [6.45, 7) is 1.68. The summed E-state index contributed by atoms with van der Waals surface area (Å²) < 4.78 is 0. The number of H-pyrrole nitrogens is 1. The zero-order chi connectivity index (χ0) is 7.56. The SMILES string of the molecule is Cc1nc(C=O)c(C=O)[nH]1. The van der Waals surface area contributed by atoms with E-state index in [1.165, 1.54) is 0 Å². The Morgan fingerprint density at radius 2 is 2.10 bits per heavy atom. The number of aromatic amines is 1. The van der Waals surface area contributed by atoms with Gasteiger partial charge in [0.1, 0.15) is 17.2 Å². The number of hydrogen-bond acceptors (Lipinski definition) is 3. The van der Waals surface area contributed by atoms with Crippen LogP contribution in [-0.2, 0) is 0 Å². The second kappa shape index (κ2) is 2.43. The lowest BCUT2D eigenvalue weighted by molar-refractivity contribution is 0.109. The van der Waals surface area contributed by atoms with Crippen LogP contribution in [0.2, 0.25) is 0 Å². The van der Waals surface area contributed by atoms with Crippen LogP contribution < -0.4 is 0 Å². The number of aryl methyl sites for hydroxylation is 1. The van der Waals surface area contributed by atoms with E-state index in [0.29, 0.717) is 18.4 Å². The van der Waals surface area contributed by atoms with Gasteiger partial charge in [0.25, 0.3) is 0 Å². The third-order valence-electron chi connectivity index (χ3n) is 1.11. The third-order valence-corrected chi connectivity index (χ3v) is 1.11. The Morgan fingerprint density at radius 3 is 2.50 bits per heavy atom. The van der Waals surface area contributed by atoms with Gasteiger partial charge in [-0.15, -0.1) is 0 Å². The minimum absolute atomic E-state index is 0.174. The second-order valence-electron chi connectivity index (χ2n) is 1.86. The lowest BCUT2D eigenvalue weighted by atomic mass is 10.4. The average Bonchev–Trinajstić information content (AvgIpc) is 2.30. The molecular weight excluding hydrogens is 132 g/mol. The molecule has 0 amide bonds. The van der Waals surface area contributed by atoms with Gasteiger partial charge in [-0.2, -0.15) is 0 Å². The topological polar surface area (TPSA) is 62.8 Å². The molecule has 0 unspecified atom stereocenters. The highest BCUT2D eigenvalue weighted by atomic mass is 16.1. The van der Waals surface area contributed by atoms with E-state index in [0.717, 1.165) is 0 Å². The molecule has 52 valence electrons. The molecule has 0 radical (unpaired) electrons. The molecule has 0 aliphatic rings. The van der Waals surface area contributed by atoms with E-state index in [1.807, 2.05) is 0 Å². The van der Waals surface area contributed by atoms with Gasteiger partial charge in [-0.25, -0.2) is 4.98 Å². The Labute approximate surface area is 57.3 Å². The van der Waals surface area contributed by atoms with Crippen molar-refractivity contribution in [2.24, 2.45) is 0 Å². The number of aromatic nitrogens is 2. The van der Waals surface area contributed by atoms with Crippen molar-refractivity contribution in [3.05, 3.63) is 17.2 Å². The van der Waals surface area contributed by atoms with Crippen LogP contribution in [0.3, 0.4) is 0 Å². The molecule has 4 heteroatoms. The summed E-state index contributed by atoms with van der Waals surface area (Å²) in [4.78, 5) is 26.7. The van der Waals surface area contributed by atoms with Crippen LogP contribution in [0, 0.1) is 6.92 Å². The highest BCUT2D eigenvalue weighted by Crippen LogP contribution is 1.98. The van der Waals surface area contributed by atoms with E-state index in [4.69, 9.17) is 0 Å². The Hall–Kier alpha value is -1.45. The Kier molecular flexibility index (Phi) is 1.62. The van der Waals surface area contributed by atoms with E-state index >= 15 is 0 Å². The van der Waals surface area contributed by atoms with Crippen molar-refractivity contribution >= 4 is 12.6 Å². The highest BCUT2D eigenvalue weighted by molar-refractivity contribution is 5.86. The molecule has 0 fully saturated rings. The lowest BCUT2D eigenvalue weighted by Crippen LogP contribution is -1.86. The number of hydrogen-bond donors (Lipinski definition) is 1. The Bertz CT molecular complexity index is 239. The molecule has 1 aromatic rings. The number of aldehydes is 2. The molecule has 0 aromatic carbocycles. The van der Waals surface area contributed by atoms with Gasteiger partial charge in [-0.3, -0.25) is 9.59 Å². The van der Waals surface area contributed by atoms with Crippen LogP contribution in [-0.4, -0.2) is 22.5 Å². The Balaban J connectivity index is 3.20. The average molecular weight is 138 g/mol. The van der Waals surface area contributed by atoms with Gasteiger partial charge in [-0.1, -0.05) is 0 Å². The van der Waals surface area contributed by atoms with Crippen molar-refractivity contribution in [3.63, 3.8) is 0 Å². The number of nitrogens with zero attached hydrogens (tertiary/aromatic N) is 1. The van der Waals surface area contributed by atoms with Crippen LogP contribution in [0.15, 0.2) is 0 Å². The summed E-state index contributed by atoms with van der Waals surface area (Å²) in [5.41, 5.74) is 0.417. The molecule has 0 aliphatic carbocycles. The fourth-order valence-corrected chi connectivity index (χ4v) is 0.707. The van der Waals surface area contributed by atoms with Crippen LogP contribution in [0.4, 0.5) is 0 Å². The van der Waals surface area contributed by atoms with E-state index in [9.17, 15) is 9.59 Å². The van der Waals surface area contributed by atoms with Gasteiger partial charge in [0.15, 0.2) is 12.6 Å². The molecule has 0 spiro atoms. The number of carbonyl (C=O) groups excluding carboxylic acids is 2. The van der Waals surface area contributed by atoms with Gasteiger partial charge in [0.05, 0.1) is 0 Å². The quantitative estimate of drug-likeness (QED) is 0.599. The molecule has 0 saturated heterocycles. The lowest BCUT2D eigenvalue weighted by Gasteiger charge is -1.77. The van der Waals surface area contributed by atoms with Crippen LogP contribution in [0.25, 0.3) is 0 Å². The summed E-state index contributed by atoms with van der Waals surface area (Å²) >= 11 is 0. The summed E-state index contributed by atoms with van der Waals surface area (Å²) in [7, 11) is 0. The number of imidazole rings is 1. The zero-order valence-electron chi connectivity index (χ0n) is 5.42. The van der Waals surface area contributed by atoms with Gasteiger partial charge >= 0.3 is 0 Å². The zero-order valence-corrected chi connectivity index (χ0v) is 5.42. The molecule has 4 nitrogen and oxygen atoms in total. The van der Waals surface area contributed by atoms with Gasteiger partial charge in [0.2, 0.25) is 0 Å². The predicted octanol–water partition coefficient (Wildman–Crippen LogP) is 0.343. The molecule has 0 saturated carbocycles. The van der Waals surface area contributed by atoms with Crippen LogP contribution in [0.5, 0.6) is 0 Å². The molecule has 0 bridgehead atoms. The fourth-order valence-electron chi connectivity index (χ4n) is 0.707. The van der Waals surface area contributed by atoms with Crippen molar-refractivity contribution in [1.29, 1.82) is 0 Å². The molecule has 0 atom stereocenters. The first kappa shape index (κ1) is 6.67. The molecule has 1 aromatic heterocycles. The van der Waals surface area contributed by atoms with E-state index < -0.39 is 0 Å². The minimum atomic E-state index is 0.174. The maximum atomic E-state index is 10.2. The summed E-state index contributed by atoms with van der Waals surface area (Å²) in [5, 5.41) is 0. The van der Waals surface area contributed by atoms with Gasteiger partial charge in [0, 0.05) is 0 Å². The minimum Gasteiger partial charge on any atom is -0.339 e. The molecule has 1 N–H and O–H groups in total.